The Hall–Kier alpha value is -0.920. The highest BCUT2D eigenvalue weighted by Gasteiger charge is 2.16. The number of carbonyl (C=O) groups is 1. The molecule has 132 valence electrons. The van der Waals surface area contributed by atoms with E-state index in [4.69, 9.17) is 21.1 Å². The number of piperazine rings is 1. The highest BCUT2D eigenvalue weighted by atomic mass is 35.5. The van der Waals surface area contributed by atoms with E-state index in [0.717, 1.165) is 26.2 Å². The molecule has 0 spiro atoms. The lowest BCUT2D eigenvalue weighted by Crippen LogP contribution is -2.46. The molecule has 1 aliphatic rings. The number of ether oxygens (including phenoxy) is 2. The second-order valence-corrected chi connectivity index (χ2v) is 5.17. The van der Waals surface area contributed by atoms with Crippen LogP contribution in [0, 0.1) is 0 Å². The van der Waals surface area contributed by atoms with E-state index in [-0.39, 0.29) is 30.7 Å². The van der Waals surface area contributed by atoms with Gasteiger partial charge in [-0.3, -0.25) is 9.69 Å². The molecule has 1 heterocycles. The summed E-state index contributed by atoms with van der Waals surface area (Å²) in [4.78, 5) is 14.2. The summed E-state index contributed by atoms with van der Waals surface area (Å²) in [6.07, 6.45) is 0. The van der Waals surface area contributed by atoms with Crippen LogP contribution in [-0.4, -0.2) is 57.8 Å². The van der Waals surface area contributed by atoms with Crippen LogP contribution in [0.1, 0.15) is 0 Å². The molecule has 0 unspecified atom stereocenters. The molecule has 1 aromatic rings. The van der Waals surface area contributed by atoms with Crippen molar-refractivity contribution in [2.45, 2.75) is 0 Å². The molecule has 1 aliphatic heterocycles. The van der Waals surface area contributed by atoms with Gasteiger partial charge in [-0.2, -0.15) is 0 Å². The van der Waals surface area contributed by atoms with Crippen molar-refractivity contribution in [2.75, 3.05) is 52.3 Å². The van der Waals surface area contributed by atoms with Gasteiger partial charge in [0.1, 0.15) is 11.5 Å². The molecule has 1 aromatic carbocycles. The van der Waals surface area contributed by atoms with E-state index in [0.29, 0.717) is 28.8 Å². The lowest BCUT2D eigenvalue weighted by Gasteiger charge is -2.26. The summed E-state index contributed by atoms with van der Waals surface area (Å²) < 4.78 is 10.4. The molecular formula is C14H22Cl3N3O3. The molecule has 23 heavy (non-hydrogen) atoms. The maximum Gasteiger partial charge on any atom is 0.238 e. The first kappa shape index (κ1) is 22.1. The van der Waals surface area contributed by atoms with E-state index in [1.165, 1.54) is 14.2 Å². The van der Waals surface area contributed by atoms with Gasteiger partial charge in [0.05, 0.1) is 31.5 Å². The van der Waals surface area contributed by atoms with Crippen LogP contribution < -0.4 is 20.1 Å². The zero-order valence-corrected chi connectivity index (χ0v) is 15.4. The first-order valence-corrected chi connectivity index (χ1v) is 7.16. The zero-order chi connectivity index (χ0) is 15.2. The Morgan fingerprint density at radius 1 is 1.22 bits per heavy atom. The van der Waals surface area contributed by atoms with Crippen molar-refractivity contribution in [1.29, 1.82) is 0 Å². The van der Waals surface area contributed by atoms with E-state index in [2.05, 4.69) is 15.5 Å². The number of amides is 1. The van der Waals surface area contributed by atoms with Crippen molar-refractivity contribution in [3.05, 3.63) is 17.2 Å². The molecule has 9 heteroatoms. The van der Waals surface area contributed by atoms with Gasteiger partial charge in [0.15, 0.2) is 0 Å². The number of rotatable bonds is 5. The second-order valence-electron chi connectivity index (χ2n) is 4.76. The number of hydrogen-bond acceptors (Lipinski definition) is 5. The number of methoxy groups -OCH3 is 2. The second kappa shape index (κ2) is 10.8. The molecule has 0 saturated carbocycles. The lowest BCUT2D eigenvalue weighted by atomic mass is 10.2. The van der Waals surface area contributed by atoms with Gasteiger partial charge in [-0.15, -0.1) is 24.8 Å². The predicted octanol–water partition coefficient (Wildman–Crippen LogP) is 2.04. The third-order valence-corrected chi connectivity index (χ3v) is 3.62. The van der Waals surface area contributed by atoms with Crippen LogP contribution in [0.2, 0.25) is 5.02 Å². The summed E-state index contributed by atoms with van der Waals surface area (Å²) in [5, 5.41) is 6.54. The smallest absolute Gasteiger partial charge is 0.238 e. The Bertz CT molecular complexity index is 512. The van der Waals surface area contributed by atoms with E-state index < -0.39 is 0 Å². The highest BCUT2D eigenvalue weighted by Crippen LogP contribution is 2.35. The van der Waals surface area contributed by atoms with E-state index in [1.807, 2.05) is 0 Å². The van der Waals surface area contributed by atoms with Crippen LogP contribution in [0.5, 0.6) is 11.5 Å². The maximum absolute atomic E-state index is 12.1. The van der Waals surface area contributed by atoms with E-state index in [1.54, 1.807) is 12.1 Å². The molecule has 0 aliphatic carbocycles. The number of nitrogens with one attached hydrogen (secondary N) is 2. The van der Waals surface area contributed by atoms with Gasteiger partial charge < -0.3 is 20.1 Å². The Balaban J connectivity index is 0.00000242. The molecule has 0 bridgehead atoms. The molecular weight excluding hydrogens is 365 g/mol. The number of anilines is 1. The van der Waals surface area contributed by atoms with Gasteiger partial charge in [-0.05, 0) is 0 Å². The van der Waals surface area contributed by atoms with Gasteiger partial charge in [0.25, 0.3) is 0 Å². The summed E-state index contributed by atoms with van der Waals surface area (Å²) in [5.74, 6) is 0.920. The SMILES string of the molecule is COc1cc(NC(=O)CN2CCNCC2)c(OC)cc1Cl.Cl.Cl. The minimum Gasteiger partial charge on any atom is -0.495 e. The van der Waals surface area contributed by atoms with Crippen LogP contribution in [0.3, 0.4) is 0 Å². The number of benzene rings is 1. The van der Waals surface area contributed by atoms with E-state index >= 15 is 0 Å². The summed E-state index contributed by atoms with van der Waals surface area (Å²) in [6.45, 7) is 3.91. The van der Waals surface area contributed by atoms with Crippen LogP contribution in [-0.2, 0) is 4.79 Å². The van der Waals surface area contributed by atoms with Crippen LogP contribution in [0.4, 0.5) is 5.69 Å². The van der Waals surface area contributed by atoms with Crippen molar-refractivity contribution < 1.29 is 14.3 Å². The monoisotopic (exact) mass is 385 g/mol. The normalized spacial score (nSPS) is 14.2. The summed E-state index contributed by atoms with van der Waals surface area (Å²) in [6, 6.07) is 3.29. The fourth-order valence-electron chi connectivity index (χ4n) is 2.22. The molecule has 0 atom stereocenters. The largest absolute Gasteiger partial charge is 0.495 e. The molecule has 6 nitrogen and oxygen atoms in total. The molecule has 1 amide bonds. The summed E-state index contributed by atoms with van der Waals surface area (Å²) in [5.41, 5.74) is 0.555. The Kier molecular flexibility index (Phi) is 10.3. The summed E-state index contributed by atoms with van der Waals surface area (Å²) in [7, 11) is 3.06. The van der Waals surface area contributed by atoms with Crippen LogP contribution >= 0.6 is 36.4 Å². The maximum atomic E-state index is 12.1. The lowest BCUT2D eigenvalue weighted by molar-refractivity contribution is -0.117. The Labute approximate surface area is 153 Å². The number of hydrogen-bond donors (Lipinski definition) is 2. The quantitative estimate of drug-likeness (QED) is 0.811. The standard InChI is InChI=1S/C14H20ClN3O3.2ClH/c1-20-12-8-11(13(21-2)7-10(12)15)17-14(19)9-18-5-3-16-4-6-18;;/h7-8,16H,3-6,9H2,1-2H3,(H,17,19);2*1H. The van der Waals surface area contributed by atoms with E-state index in [9.17, 15) is 4.79 Å². The third-order valence-electron chi connectivity index (χ3n) is 3.32. The average molecular weight is 387 g/mol. The van der Waals surface area contributed by atoms with Gasteiger partial charge in [0, 0.05) is 38.3 Å². The van der Waals surface area contributed by atoms with Crippen molar-refractivity contribution >= 4 is 48.0 Å². The van der Waals surface area contributed by atoms with Gasteiger partial charge in [0.2, 0.25) is 5.91 Å². The van der Waals surface area contributed by atoms with Gasteiger partial charge in [-0.1, -0.05) is 11.6 Å². The number of carbonyl (C=O) groups excluding carboxylic acids is 1. The average Bonchev–Trinajstić information content (AvgIpc) is 2.49. The third kappa shape index (κ3) is 6.24. The Morgan fingerprint density at radius 2 is 1.83 bits per heavy atom. The molecule has 0 radical (unpaired) electrons. The zero-order valence-electron chi connectivity index (χ0n) is 13.1. The molecule has 1 saturated heterocycles. The molecule has 1 fully saturated rings. The van der Waals surface area contributed by atoms with Gasteiger partial charge in [-0.25, -0.2) is 0 Å². The van der Waals surface area contributed by atoms with Crippen LogP contribution in [0.25, 0.3) is 0 Å². The molecule has 2 N–H and O–H groups in total. The van der Waals surface area contributed by atoms with Gasteiger partial charge >= 0.3 is 0 Å². The van der Waals surface area contributed by atoms with Crippen molar-refractivity contribution in [3.63, 3.8) is 0 Å². The minimum atomic E-state index is -0.0837. The number of halogens is 3. The Morgan fingerprint density at radius 3 is 2.39 bits per heavy atom. The van der Waals surface area contributed by atoms with Crippen LogP contribution in [0.15, 0.2) is 12.1 Å². The minimum absolute atomic E-state index is 0. The predicted molar refractivity (Wildman–Crippen MR) is 97.0 cm³/mol. The topological polar surface area (TPSA) is 62.8 Å². The van der Waals surface area contributed by atoms with Crippen molar-refractivity contribution in [2.24, 2.45) is 0 Å². The molecule has 0 aromatic heterocycles. The fraction of sp³-hybridized carbons (Fsp3) is 0.500. The van der Waals surface area contributed by atoms with Crippen molar-refractivity contribution in [1.82, 2.24) is 10.2 Å². The fourth-order valence-corrected chi connectivity index (χ4v) is 2.45. The number of nitrogens with zero attached hydrogens (tertiary/aromatic N) is 1. The molecule has 2 rings (SSSR count). The highest BCUT2D eigenvalue weighted by molar-refractivity contribution is 6.32. The first-order valence-electron chi connectivity index (χ1n) is 6.78. The first-order chi connectivity index (χ1) is 10.1. The summed E-state index contributed by atoms with van der Waals surface area (Å²) >= 11 is 6.04. The van der Waals surface area contributed by atoms with Crippen molar-refractivity contribution in [3.8, 4) is 11.5 Å².